The summed E-state index contributed by atoms with van der Waals surface area (Å²) in [7, 11) is 0. The Kier molecular flexibility index (Phi) is 5.58. The predicted molar refractivity (Wildman–Crippen MR) is 114 cm³/mol. The molecule has 7 heteroatoms. The molecule has 1 N–H and O–H groups in total. The van der Waals surface area contributed by atoms with Crippen molar-refractivity contribution < 1.29 is 14.4 Å². The fourth-order valence-corrected chi connectivity index (χ4v) is 4.64. The van der Waals surface area contributed by atoms with Crippen LogP contribution in [-0.2, 0) is 9.59 Å². The summed E-state index contributed by atoms with van der Waals surface area (Å²) in [6.07, 6.45) is 10.6. The van der Waals surface area contributed by atoms with Gasteiger partial charge in [-0.25, -0.2) is 0 Å². The third-order valence-corrected chi connectivity index (χ3v) is 6.17. The van der Waals surface area contributed by atoms with Crippen molar-refractivity contribution in [2.24, 2.45) is 0 Å². The van der Waals surface area contributed by atoms with Gasteiger partial charge in [0, 0.05) is 24.1 Å². The smallest absolute Gasteiger partial charge is 0.294 e. The summed E-state index contributed by atoms with van der Waals surface area (Å²) in [5, 5.41) is 2.31. The van der Waals surface area contributed by atoms with Crippen LogP contribution in [0.2, 0.25) is 0 Å². The molecule has 0 atom stereocenters. The predicted octanol–water partition coefficient (Wildman–Crippen LogP) is 4.59. The number of amides is 3. The maximum atomic E-state index is 12.7. The molecule has 2 aliphatic rings. The molecule has 4 rings (SSSR count). The van der Waals surface area contributed by atoms with E-state index in [1.807, 2.05) is 43.6 Å². The first-order chi connectivity index (χ1) is 14.0. The van der Waals surface area contributed by atoms with Crippen LogP contribution in [0.25, 0.3) is 6.08 Å². The minimum absolute atomic E-state index is 0.293. The first-order valence-corrected chi connectivity index (χ1v) is 10.6. The number of hydrogen-bond acceptors (Lipinski definition) is 4. The summed E-state index contributed by atoms with van der Waals surface area (Å²) >= 11 is 0.878. The number of thioether (sulfide) groups is 1. The van der Waals surface area contributed by atoms with E-state index in [1.54, 1.807) is 12.1 Å². The first kappa shape index (κ1) is 19.5. The molecule has 0 radical (unpaired) electrons. The first-order valence-electron chi connectivity index (χ1n) is 9.79. The van der Waals surface area contributed by atoms with Crippen LogP contribution in [0.3, 0.4) is 0 Å². The number of carbonyl (C=O) groups is 3. The van der Waals surface area contributed by atoms with Crippen molar-refractivity contribution in [3.05, 3.63) is 58.8 Å². The highest BCUT2D eigenvalue weighted by atomic mass is 32.2. The van der Waals surface area contributed by atoms with Crippen LogP contribution in [-0.4, -0.2) is 33.1 Å². The molecule has 0 unspecified atom stereocenters. The van der Waals surface area contributed by atoms with Crippen molar-refractivity contribution in [2.45, 2.75) is 38.6 Å². The Morgan fingerprint density at radius 2 is 2.03 bits per heavy atom. The molecular weight excluding hydrogens is 386 g/mol. The van der Waals surface area contributed by atoms with Gasteiger partial charge >= 0.3 is 0 Å². The van der Waals surface area contributed by atoms with Gasteiger partial charge in [-0.2, -0.15) is 0 Å². The zero-order valence-electron chi connectivity index (χ0n) is 16.3. The quantitative estimate of drug-likeness (QED) is 0.734. The highest BCUT2D eigenvalue weighted by Crippen LogP contribution is 2.33. The molecule has 0 spiro atoms. The number of aromatic nitrogens is 1. The molecule has 2 fully saturated rings. The molecular formula is C22H23N3O3S. The van der Waals surface area contributed by atoms with Gasteiger partial charge in [0.2, 0.25) is 5.91 Å². The number of nitrogens with zero attached hydrogens (tertiary/aromatic N) is 2. The Bertz CT molecular complexity index is 989. The molecule has 1 aromatic heterocycles. The standard InChI is InChI=1S/C22H23N3O3S/c1-15-5-4-6-17(11-15)23-20(26)14-25-21(27)19(29-22(25)28)12-16-9-10-24(13-16)18-7-2-3-8-18/h4-6,9-13,18H,2-3,7-8,14H2,1H3,(H,23,26)/b19-12+. The highest BCUT2D eigenvalue weighted by Gasteiger charge is 2.36. The van der Waals surface area contributed by atoms with Gasteiger partial charge < -0.3 is 9.88 Å². The van der Waals surface area contributed by atoms with Crippen molar-refractivity contribution in [1.29, 1.82) is 0 Å². The average molecular weight is 410 g/mol. The van der Waals surface area contributed by atoms with Gasteiger partial charge in [0.05, 0.1) is 4.91 Å². The van der Waals surface area contributed by atoms with Crippen LogP contribution >= 0.6 is 11.8 Å². The van der Waals surface area contributed by atoms with Crippen LogP contribution in [0.4, 0.5) is 10.5 Å². The van der Waals surface area contributed by atoms with Gasteiger partial charge in [0.1, 0.15) is 6.54 Å². The summed E-state index contributed by atoms with van der Waals surface area (Å²) in [4.78, 5) is 38.6. The van der Waals surface area contributed by atoms with Crippen LogP contribution in [0.5, 0.6) is 0 Å². The molecule has 150 valence electrons. The van der Waals surface area contributed by atoms with E-state index in [0.29, 0.717) is 16.6 Å². The fraction of sp³-hybridized carbons (Fsp3) is 0.318. The molecule has 1 aromatic carbocycles. The molecule has 29 heavy (non-hydrogen) atoms. The Balaban J connectivity index is 1.41. The second-order valence-corrected chi connectivity index (χ2v) is 8.51. The van der Waals surface area contributed by atoms with E-state index in [-0.39, 0.29) is 6.54 Å². The van der Waals surface area contributed by atoms with Crippen molar-refractivity contribution in [3.8, 4) is 0 Å². The number of nitrogens with one attached hydrogen (secondary N) is 1. The average Bonchev–Trinajstić information content (AvgIpc) is 3.40. The van der Waals surface area contributed by atoms with E-state index in [2.05, 4.69) is 9.88 Å². The lowest BCUT2D eigenvalue weighted by Crippen LogP contribution is -2.36. The number of rotatable bonds is 5. The van der Waals surface area contributed by atoms with Crippen LogP contribution in [0.1, 0.15) is 42.9 Å². The zero-order chi connectivity index (χ0) is 20.4. The third-order valence-electron chi connectivity index (χ3n) is 5.26. The van der Waals surface area contributed by atoms with Gasteiger partial charge in [-0.05, 0) is 66.9 Å². The van der Waals surface area contributed by atoms with E-state index >= 15 is 0 Å². The van der Waals surface area contributed by atoms with Crippen molar-refractivity contribution >= 4 is 40.6 Å². The van der Waals surface area contributed by atoms with Gasteiger partial charge in [0.25, 0.3) is 11.1 Å². The van der Waals surface area contributed by atoms with Crippen molar-refractivity contribution in [1.82, 2.24) is 9.47 Å². The summed E-state index contributed by atoms with van der Waals surface area (Å²) < 4.78 is 2.19. The second-order valence-electron chi connectivity index (χ2n) is 7.52. The van der Waals surface area contributed by atoms with Gasteiger partial charge in [0.15, 0.2) is 0 Å². The Morgan fingerprint density at radius 3 is 2.79 bits per heavy atom. The molecule has 1 aliphatic heterocycles. The molecule has 3 amide bonds. The Morgan fingerprint density at radius 1 is 1.24 bits per heavy atom. The molecule has 2 heterocycles. The second kappa shape index (κ2) is 8.29. The minimum atomic E-state index is -0.423. The van der Waals surface area contributed by atoms with E-state index in [9.17, 15) is 14.4 Å². The number of carbonyl (C=O) groups excluding carboxylic acids is 3. The lowest BCUT2D eigenvalue weighted by Gasteiger charge is -2.12. The summed E-state index contributed by atoms with van der Waals surface area (Å²) in [5.74, 6) is -0.820. The molecule has 2 aromatic rings. The zero-order valence-corrected chi connectivity index (χ0v) is 17.1. The lowest BCUT2D eigenvalue weighted by atomic mass is 10.2. The van der Waals surface area contributed by atoms with Crippen LogP contribution in [0, 0.1) is 6.92 Å². The van der Waals surface area contributed by atoms with Gasteiger partial charge in [-0.1, -0.05) is 25.0 Å². The van der Waals surface area contributed by atoms with Gasteiger partial charge in [-0.3, -0.25) is 19.3 Å². The molecule has 1 saturated carbocycles. The van der Waals surface area contributed by atoms with Crippen LogP contribution in [0.15, 0.2) is 47.6 Å². The molecule has 0 bridgehead atoms. The lowest BCUT2D eigenvalue weighted by molar-refractivity contribution is -0.127. The number of imide groups is 1. The van der Waals surface area contributed by atoms with E-state index < -0.39 is 17.1 Å². The normalized spacial score (nSPS) is 18.8. The topological polar surface area (TPSA) is 71.4 Å². The molecule has 6 nitrogen and oxygen atoms in total. The van der Waals surface area contributed by atoms with Gasteiger partial charge in [-0.15, -0.1) is 0 Å². The number of anilines is 1. The minimum Gasteiger partial charge on any atom is -0.351 e. The number of hydrogen-bond donors (Lipinski definition) is 1. The van der Waals surface area contributed by atoms with E-state index in [4.69, 9.17) is 0 Å². The molecule has 1 aliphatic carbocycles. The fourth-order valence-electron chi connectivity index (χ4n) is 3.80. The SMILES string of the molecule is Cc1cccc(NC(=O)CN2C(=O)S/C(=C/c3ccn(C4CCCC4)c3)C2=O)c1. The Hall–Kier alpha value is -2.80. The van der Waals surface area contributed by atoms with Crippen molar-refractivity contribution in [2.75, 3.05) is 11.9 Å². The Labute approximate surface area is 174 Å². The van der Waals surface area contributed by atoms with Crippen LogP contribution < -0.4 is 5.32 Å². The monoisotopic (exact) mass is 409 g/mol. The summed E-state index contributed by atoms with van der Waals surface area (Å²) in [5.41, 5.74) is 2.55. The number of aryl methyl sites for hydroxylation is 1. The van der Waals surface area contributed by atoms with Crippen molar-refractivity contribution in [3.63, 3.8) is 0 Å². The third kappa shape index (κ3) is 4.45. The summed E-state index contributed by atoms with van der Waals surface area (Å²) in [6, 6.07) is 9.85. The molecule has 1 saturated heterocycles. The largest absolute Gasteiger partial charge is 0.351 e. The maximum absolute atomic E-state index is 12.7. The maximum Gasteiger partial charge on any atom is 0.294 e. The highest BCUT2D eigenvalue weighted by molar-refractivity contribution is 8.18. The van der Waals surface area contributed by atoms with E-state index in [1.165, 1.54) is 25.7 Å². The summed E-state index contributed by atoms with van der Waals surface area (Å²) in [6.45, 7) is 1.63. The van der Waals surface area contributed by atoms with E-state index in [0.717, 1.165) is 27.8 Å². The number of benzene rings is 1.